The number of carbonyl (C=O) groups is 3. The fourth-order valence-corrected chi connectivity index (χ4v) is 2.90. The van der Waals surface area contributed by atoms with Gasteiger partial charge in [-0.3, -0.25) is 14.4 Å². The van der Waals surface area contributed by atoms with E-state index in [2.05, 4.69) is 16.7 Å². The second-order valence-corrected chi connectivity index (χ2v) is 6.62. The van der Waals surface area contributed by atoms with Crippen molar-refractivity contribution in [3.05, 3.63) is 52.2 Å². The minimum atomic E-state index is -1.10. The molecule has 0 saturated carbocycles. The van der Waals surface area contributed by atoms with Crippen LogP contribution in [0.3, 0.4) is 0 Å². The van der Waals surface area contributed by atoms with E-state index < -0.39 is 17.9 Å². The minimum Gasteiger partial charge on any atom is -0.480 e. The first-order valence-electron chi connectivity index (χ1n) is 7.91. The Balaban J connectivity index is 1.80. The molecule has 0 saturated heterocycles. The first-order valence-corrected chi connectivity index (χ1v) is 8.79. The Labute approximate surface area is 149 Å². The van der Waals surface area contributed by atoms with Crippen molar-refractivity contribution >= 4 is 34.8 Å². The van der Waals surface area contributed by atoms with E-state index in [1.807, 2.05) is 11.4 Å². The largest absolute Gasteiger partial charge is 0.480 e. The number of carboxylic acids is 1. The number of carboxylic acid groups (broad SMARTS) is 1. The SMILES string of the molecule is CC(NC(=O)c1ccc(NC(=O)CCCc2cccs2)cc1)C(=O)O. The maximum Gasteiger partial charge on any atom is 0.325 e. The van der Waals surface area contributed by atoms with Crippen molar-refractivity contribution in [2.24, 2.45) is 0 Å². The summed E-state index contributed by atoms with van der Waals surface area (Å²) < 4.78 is 0. The maximum absolute atomic E-state index is 11.9. The van der Waals surface area contributed by atoms with Gasteiger partial charge in [0.2, 0.25) is 5.91 Å². The van der Waals surface area contributed by atoms with Crippen molar-refractivity contribution < 1.29 is 19.5 Å². The molecule has 0 aliphatic rings. The molecule has 1 heterocycles. The molecule has 132 valence electrons. The van der Waals surface area contributed by atoms with Crippen molar-refractivity contribution in [1.82, 2.24) is 5.32 Å². The highest BCUT2D eigenvalue weighted by atomic mass is 32.1. The molecule has 0 bridgehead atoms. The van der Waals surface area contributed by atoms with Crippen LogP contribution in [0.5, 0.6) is 0 Å². The number of aliphatic carboxylic acids is 1. The van der Waals surface area contributed by atoms with Gasteiger partial charge in [0.1, 0.15) is 6.04 Å². The molecule has 2 rings (SSSR count). The molecular formula is C18H20N2O4S. The fraction of sp³-hybridized carbons (Fsp3) is 0.278. The normalized spacial score (nSPS) is 11.6. The molecule has 0 aliphatic carbocycles. The topological polar surface area (TPSA) is 95.5 Å². The average Bonchev–Trinajstić information content (AvgIpc) is 3.08. The summed E-state index contributed by atoms with van der Waals surface area (Å²) >= 11 is 1.68. The quantitative estimate of drug-likeness (QED) is 0.674. The van der Waals surface area contributed by atoms with E-state index in [0.717, 1.165) is 12.8 Å². The molecule has 2 amide bonds. The summed E-state index contributed by atoms with van der Waals surface area (Å²) in [5.74, 6) is -1.64. The highest BCUT2D eigenvalue weighted by Gasteiger charge is 2.15. The van der Waals surface area contributed by atoms with Crippen molar-refractivity contribution in [1.29, 1.82) is 0 Å². The molecule has 1 atom stereocenters. The molecule has 0 aliphatic heterocycles. The van der Waals surface area contributed by atoms with Crippen LogP contribution < -0.4 is 10.6 Å². The van der Waals surface area contributed by atoms with Crippen LogP contribution in [0.2, 0.25) is 0 Å². The predicted molar refractivity (Wildman–Crippen MR) is 96.9 cm³/mol. The maximum atomic E-state index is 11.9. The van der Waals surface area contributed by atoms with Crippen LogP contribution >= 0.6 is 11.3 Å². The number of hydrogen-bond acceptors (Lipinski definition) is 4. The number of carbonyl (C=O) groups excluding carboxylic acids is 2. The van der Waals surface area contributed by atoms with E-state index >= 15 is 0 Å². The Kier molecular flexibility index (Phi) is 6.71. The van der Waals surface area contributed by atoms with E-state index in [4.69, 9.17) is 5.11 Å². The molecule has 2 aromatic rings. The van der Waals surface area contributed by atoms with E-state index in [0.29, 0.717) is 17.7 Å². The van der Waals surface area contributed by atoms with Crippen LogP contribution in [-0.4, -0.2) is 28.9 Å². The van der Waals surface area contributed by atoms with Gasteiger partial charge in [-0.1, -0.05) is 6.07 Å². The summed E-state index contributed by atoms with van der Waals surface area (Å²) in [5, 5.41) is 16.0. The number of amides is 2. The van der Waals surface area contributed by atoms with Crippen LogP contribution in [0.4, 0.5) is 5.69 Å². The standard InChI is InChI=1S/C18H20N2O4S/c1-12(18(23)24)19-17(22)13-7-9-14(10-8-13)20-16(21)6-2-4-15-5-3-11-25-15/h3,5,7-12H,2,4,6H2,1H3,(H,19,22)(H,20,21)(H,23,24). The van der Waals surface area contributed by atoms with Gasteiger partial charge in [-0.05, 0) is 55.5 Å². The van der Waals surface area contributed by atoms with Crippen LogP contribution in [0.1, 0.15) is 35.0 Å². The van der Waals surface area contributed by atoms with Gasteiger partial charge >= 0.3 is 5.97 Å². The molecule has 0 spiro atoms. The molecule has 1 aromatic carbocycles. The summed E-state index contributed by atoms with van der Waals surface area (Å²) in [4.78, 5) is 35.8. The monoisotopic (exact) mass is 360 g/mol. The van der Waals surface area contributed by atoms with E-state index in [1.54, 1.807) is 35.6 Å². The van der Waals surface area contributed by atoms with Crippen molar-refractivity contribution in [2.45, 2.75) is 32.2 Å². The summed E-state index contributed by atoms with van der Waals surface area (Å²) in [6.45, 7) is 1.39. The Morgan fingerprint density at radius 1 is 1.16 bits per heavy atom. The Hall–Kier alpha value is -2.67. The number of nitrogens with one attached hydrogen (secondary N) is 2. The first-order chi connectivity index (χ1) is 12.0. The third-order valence-electron chi connectivity index (χ3n) is 3.56. The highest BCUT2D eigenvalue weighted by molar-refractivity contribution is 7.09. The summed E-state index contributed by atoms with van der Waals surface area (Å²) in [6, 6.07) is 9.42. The molecule has 6 nitrogen and oxygen atoms in total. The molecule has 0 radical (unpaired) electrons. The fourth-order valence-electron chi connectivity index (χ4n) is 2.15. The lowest BCUT2D eigenvalue weighted by Crippen LogP contribution is -2.38. The van der Waals surface area contributed by atoms with E-state index in [1.165, 1.54) is 11.8 Å². The second kappa shape index (κ2) is 8.98. The van der Waals surface area contributed by atoms with Crippen molar-refractivity contribution in [3.8, 4) is 0 Å². The molecule has 3 N–H and O–H groups in total. The van der Waals surface area contributed by atoms with Crippen LogP contribution in [-0.2, 0) is 16.0 Å². The van der Waals surface area contributed by atoms with E-state index in [-0.39, 0.29) is 5.91 Å². The van der Waals surface area contributed by atoms with Gasteiger partial charge in [0.05, 0.1) is 0 Å². The number of aryl methyl sites for hydroxylation is 1. The lowest BCUT2D eigenvalue weighted by Gasteiger charge is -2.10. The second-order valence-electron chi connectivity index (χ2n) is 5.59. The lowest BCUT2D eigenvalue weighted by atomic mass is 10.1. The van der Waals surface area contributed by atoms with Gasteiger partial charge in [-0.25, -0.2) is 0 Å². The van der Waals surface area contributed by atoms with Crippen LogP contribution in [0, 0.1) is 0 Å². The third kappa shape index (κ3) is 6.04. The lowest BCUT2D eigenvalue weighted by molar-refractivity contribution is -0.138. The molecule has 0 fully saturated rings. The zero-order valence-electron chi connectivity index (χ0n) is 13.8. The average molecular weight is 360 g/mol. The third-order valence-corrected chi connectivity index (χ3v) is 4.49. The molecule has 1 aromatic heterocycles. The van der Waals surface area contributed by atoms with Gasteiger partial charge in [-0.15, -0.1) is 11.3 Å². The molecular weight excluding hydrogens is 340 g/mol. The summed E-state index contributed by atoms with van der Waals surface area (Å²) in [7, 11) is 0. The smallest absolute Gasteiger partial charge is 0.325 e. The number of anilines is 1. The van der Waals surface area contributed by atoms with Gasteiger partial charge in [0.15, 0.2) is 0 Å². The molecule has 25 heavy (non-hydrogen) atoms. The van der Waals surface area contributed by atoms with Gasteiger partial charge in [0, 0.05) is 22.5 Å². The van der Waals surface area contributed by atoms with Crippen LogP contribution in [0.25, 0.3) is 0 Å². The van der Waals surface area contributed by atoms with E-state index in [9.17, 15) is 14.4 Å². The molecule has 7 heteroatoms. The van der Waals surface area contributed by atoms with Gasteiger partial charge in [-0.2, -0.15) is 0 Å². The highest BCUT2D eigenvalue weighted by Crippen LogP contribution is 2.14. The Morgan fingerprint density at radius 3 is 2.48 bits per heavy atom. The van der Waals surface area contributed by atoms with Gasteiger partial charge in [0.25, 0.3) is 5.91 Å². The first kappa shape index (κ1) is 18.7. The zero-order valence-corrected chi connectivity index (χ0v) is 14.6. The molecule has 1 unspecified atom stereocenters. The predicted octanol–water partition coefficient (Wildman–Crippen LogP) is 2.91. The number of hydrogen-bond donors (Lipinski definition) is 3. The van der Waals surface area contributed by atoms with Crippen LogP contribution in [0.15, 0.2) is 41.8 Å². The number of benzene rings is 1. The minimum absolute atomic E-state index is 0.0757. The summed E-state index contributed by atoms with van der Waals surface area (Å²) in [5.41, 5.74) is 0.938. The number of thiophene rings is 1. The number of rotatable bonds is 8. The summed E-state index contributed by atoms with van der Waals surface area (Å²) in [6.07, 6.45) is 2.09. The van der Waals surface area contributed by atoms with Crippen molar-refractivity contribution in [2.75, 3.05) is 5.32 Å². The Morgan fingerprint density at radius 2 is 1.88 bits per heavy atom. The zero-order chi connectivity index (χ0) is 18.2. The Bertz CT molecular complexity index is 726. The van der Waals surface area contributed by atoms with Crippen molar-refractivity contribution in [3.63, 3.8) is 0 Å². The van der Waals surface area contributed by atoms with Gasteiger partial charge < -0.3 is 15.7 Å².